The number of hydrogen-bond donors (Lipinski definition) is 1. The second kappa shape index (κ2) is 5.05. The van der Waals surface area contributed by atoms with Crippen LogP contribution in [0.15, 0.2) is 29.2 Å². The number of thioether (sulfide) groups is 1. The summed E-state index contributed by atoms with van der Waals surface area (Å²) in [4.78, 5) is 11.7. The molecule has 76 valence electrons. The topological polar surface area (TPSA) is 37.3 Å². The molecule has 0 aliphatic rings. The summed E-state index contributed by atoms with van der Waals surface area (Å²) in [5.41, 5.74) is 1.22. The second-order valence-electron chi connectivity index (χ2n) is 3.36. The van der Waals surface area contributed by atoms with E-state index in [-0.39, 0.29) is 5.92 Å². The Morgan fingerprint density at radius 3 is 2.50 bits per heavy atom. The standard InChI is InChI=1S/C11H14O2S/c1-8-3-5-10(6-4-8)14-7-9(2)11(12)13/h3-6,9H,7H2,1-2H3,(H,12,13). The van der Waals surface area contributed by atoms with E-state index in [0.29, 0.717) is 5.75 Å². The summed E-state index contributed by atoms with van der Waals surface area (Å²) < 4.78 is 0. The van der Waals surface area contributed by atoms with Crippen LogP contribution in [-0.4, -0.2) is 16.8 Å². The van der Waals surface area contributed by atoms with Gasteiger partial charge in [-0.2, -0.15) is 0 Å². The molecular formula is C11H14O2S. The van der Waals surface area contributed by atoms with Gasteiger partial charge in [0.25, 0.3) is 0 Å². The van der Waals surface area contributed by atoms with E-state index < -0.39 is 5.97 Å². The zero-order valence-electron chi connectivity index (χ0n) is 8.36. The molecule has 0 fully saturated rings. The molecule has 1 N–H and O–H groups in total. The molecule has 0 spiro atoms. The first kappa shape index (κ1) is 11.1. The van der Waals surface area contributed by atoms with Crippen molar-refractivity contribution < 1.29 is 9.90 Å². The predicted molar refractivity (Wildman–Crippen MR) is 58.7 cm³/mol. The molecule has 0 saturated heterocycles. The third kappa shape index (κ3) is 3.42. The van der Waals surface area contributed by atoms with Gasteiger partial charge in [-0.1, -0.05) is 24.6 Å². The molecule has 0 bridgehead atoms. The Bertz CT molecular complexity index is 306. The van der Waals surface area contributed by atoms with Crippen LogP contribution in [0.2, 0.25) is 0 Å². The molecule has 1 unspecified atom stereocenters. The Morgan fingerprint density at radius 2 is 2.00 bits per heavy atom. The fourth-order valence-electron chi connectivity index (χ4n) is 0.927. The van der Waals surface area contributed by atoms with Gasteiger partial charge in [-0.15, -0.1) is 11.8 Å². The molecule has 1 aromatic rings. The number of aryl methyl sites for hydroxylation is 1. The van der Waals surface area contributed by atoms with Gasteiger partial charge in [0, 0.05) is 10.6 Å². The van der Waals surface area contributed by atoms with Crippen molar-refractivity contribution in [2.75, 3.05) is 5.75 Å². The number of carbonyl (C=O) groups is 1. The first-order chi connectivity index (χ1) is 6.59. The SMILES string of the molecule is Cc1ccc(SCC(C)C(=O)O)cc1. The molecule has 1 atom stereocenters. The number of carboxylic acid groups (broad SMARTS) is 1. The van der Waals surface area contributed by atoms with Gasteiger partial charge in [0.15, 0.2) is 0 Å². The van der Waals surface area contributed by atoms with Crippen LogP contribution in [0, 0.1) is 12.8 Å². The highest BCUT2D eigenvalue weighted by atomic mass is 32.2. The van der Waals surface area contributed by atoms with Gasteiger partial charge in [0.1, 0.15) is 0 Å². The van der Waals surface area contributed by atoms with Gasteiger partial charge in [-0.25, -0.2) is 0 Å². The lowest BCUT2D eigenvalue weighted by atomic mass is 10.2. The third-order valence-electron chi connectivity index (χ3n) is 1.94. The van der Waals surface area contributed by atoms with Crippen molar-refractivity contribution in [2.45, 2.75) is 18.7 Å². The highest BCUT2D eigenvalue weighted by Gasteiger charge is 2.10. The second-order valence-corrected chi connectivity index (χ2v) is 4.46. The average Bonchev–Trinajstić information content (AvgIpc) is 2.16. The van der Waals surface area contributed by atoms with Crippen molar-refractivity contribution in [3.63, 3.8) is 0 Å². The van der Waals surface area contributed by atoms with E-state index >= 15 is 0 Å². The quantitative estimate of drug-likeness (QED) is 0.776. The van der Waals surface area contributed by atoms with Gasteiger partial charge in [0.2, 0.25) is 0 Å². The molecule has 14 heavy (non-hydrogen) atoms. The average molecular weight is 210 g/mol. The number of benzene rings is 1. The molecular weight excluding hydrogens is 196 g/mol. The minimum absolute atomic E-state index is 0.290. The molecule has 0 aliphatic heterocycles. The van der Waals surface area contributed by atoms with Gasteiger partial charge in [0.05, 0.1) is 5.92 Å². The molecule has 0 aliphatic carbocycles. The minimum atomic E-state index is -0.732. The largest absolute Gasteiger partial charge is 0.481 e. The maximum Gasteiger partial charge on any atom is 0.307 e. The van der Waals surface area contributed by atoms with E-state index in [2.05, 4.69) is 0 Å². The summed E-state index contributed by atoms with van der Waals surface area (Å²) in [6, 6.07) is 8.12. The van der Waals surface area contributed by atoms with Crippen molar-refractivity contribution in [1.29, 1.82) is 0 Å². The van der Waals surface area contributed by atoms with Gasteiger partial charge < -0.3 is 5.11 Å². The van der Waals surface area contributed by atoms with Crippen LogP contribution in [0.3, 0.4) is 0 Å². The smallest absolute Gasteiger partial charge is 0.307 e. The van der Waals surface area contributed by atoms with Crippen molar-refractivity contribution >= 4 is 17.7 Å². The summed E-state index contributed by atoms with van der Waals surface area (Å²) in [6.45, 7) is 3.76. The minimum Gasteiger partial charge on any atom is -0.481 e. The number of aliphatic carboxylic acids is 1. The molecule has 0 radical (unpaired) electrons. The Morgan fingerprint density at radius 1 is 1.43 bits per heavy atom. The molecule has 1 rings (SSSR count). The molecule has 0 saturated carbocycles. The lowest BCUT2D eigenvalue weighted by molar-refractivity contribution is -0.140. The van der Waals surface area contributed by atoms with E-state index in [1.54, 1.807) is 18.7 Å². The van der Waals surface area contributed by atoms with Crippen LogP contribution in [0.5, 0.6) is 0 Å². The molecule has 2 nitrogen and oxygen atoms in total. The fraction of sp³-hybridized carbons (Fsp3) is 0.364. The Labute approximate surface area is 88.3 Å². The molecule has 3 heteroatoms. The van der Waals surface area contributed by atoms with Gasteiger partial charge >= 0.3 is 5.97 Å². The van der Waals surface area contributed by atoms with E-state index in [1.807, 2.05) is 31.2 Å². The number of carboxylic acids is 1. The lowest BCUT2D eigenvalue weighted by Gasteiger charge is -2.05. The zero-order chi connectivity index (χ0) is 10.6. The molecule has 0 aromatic heterocycles. The summed E-state index contributed by atoms with van der Waals surface area (Å²) in [7, 11) is 0. The Hall–Kier alpha value is -0.960. The van der Waals surface area contributed by atoms with Crippen molar-refractivity contribution in [1.82, 2.24) is 0 Å². The summed E-state index contributed by atoms with van der Waals surface area (Å²) in [6.07, 6.45) is 0. The predicted octanol–water partition coefficient (Wildman–Crippen LogP) is 2.81. The normalized spacial score (nSPS) is 12.4. The van der Waals surface area contributed by atoms with Gasteiger partial charge in [-0.3, -0.25) is 4.79 Å². The third-order valence-corrected chi connectivity index (χ3v) is 3.21. The Balaban J connectivity index is 2.46. The maximum absolute atomic E-state index is 10.6. The first-order valence-corrected chi connectivity index (χ1v) is 5.50. The van der Waals surface area contributed by atoms with E-state index in [0.717, 1.165) is 4.90 Å². The van der Waals surface area contributed by atoms with Crippen molar-refractivity contribution in [3.8, 4) is 0 Å². The highest BCUT2D eigenvalue weighted by molar-refractivity contribution is 7.99. The first-order valence-electron chi connectivity index (χ1n) is 4.52. The van der Waals surface area contributed by atoms with Crippen molar-refractivity contribution in [2.24, 2.45) is 5.92 Å². The Kier molecular flexibility index (Phi) is 4.01. The van der Waals surface area contributed by atoms with E-state index in [9.17, 15) is 4.79 Å². The summed E-state index contributed by atoms with van der Waals surface area (Å²) in [5, 5.41) is 8.69. The van der Waals surface area contributed by atoms with Crippen LogP contribution < -0.4 is 0 Å². The summed E-state index contributed by atoms with van der Waals surface area (Å²) >= 11 is 1.58. The van der Waals surface area contributed by atoms with E-state index in [4.69, 9.17) is 5.11 Å². The summed E-state index contributed by atoms with van der Waals surface area (Å²) in [5.74, 6) is -0.399. The molecule has 1 aromatic carbocycles. The zero-order valence-corrected chi connectivity index (χ0v) is 9.17. The van der Waals surface area contributed by atoms with E-state index in [1.165, 1.54) is 5.56 Å². The lowest BCUT2D eigenvalue weighted by Crippen LogP contribution is -2.11. The van der Waals surface area contributed by atoms with Crippen LogP contribution in [0.4, 0.5) is 0 Å². The van der Waals surface area contributed by atoms with Crippen LogP contribution in [0.25, 0.3) is 0 Å². The molecule has 0 heterocycles. The van der Waals surface area contributed by atoms with Crippen LogP contribution >= 0.6 is 11.8 Å². The van der Waals surface area contributed by atoms with Crippen molar-refractivity contribution in [3.05, 3.63) is 29.8 Å². The van der Waals surface area contributed by atoms with Gasteiger partial charge in [-0.05, 0) is 19.1 Å². The maximum atomic E-state index is 10.6. The van der Waals surface area contributed by atoms with Crippen LogP contribution in [0.1, 0.15) is 12.5 Å². The number of rotatable bonds is 4. The molecule has 0 amide bonds. The highest BCUT2D eigenvalue weighted by Crippen LogP contribution is 2.20. The number of hydrogen-bond acceptors (Lipinski definition) is 2. The monoisotopic (exact) mass is 210 g/mol. The van der Waals surface area contributed by atoms with Crippen LogP contribution in [-0.2, 0) is 4.79 Å². The fourth-order valence-corrected chi connectivity index (χ4v) is 1.84.